The first-order chi connectivity index (χ1) is 6.74. The third-order valence-corrected chi connectivity index (χ3v) is 2.34. The van der Waals surface area contributed by atoms with Crippen molar-refractivity contribution in [2.24, 2.45) is 0 Å². The molecule has 0 aliphatic heterocycles. The van der Waals surface area contributed by atoms with Gasteiger partial charge >= 0.3 is 32.7 Å². The second kappa shape index (κ2) is 62.0. The summed E-state index contributed by atoms with van der Waals surface area (Å²) in [6, 6.07) is 0. The normalized spacial score (nSPS) is 6.33. The van der Waals surface area contributed by atoms with Crippen LogP contribution >= 0.6 is 23.5 Å². The molecule has 0 aromatic heterocycles. The molecule has 0 aromatic rings. The zero-order valence-corrected chi connectivity index (χ0v) is 15.2. The molecule has 0 rings (SSSR count). The van der Waals surface area contributed by atoms with E-state index in [1.54, 1.807) is 0 Å². The Kier molecular flexibility index (Phi) is 147. The van der Waals surface area contributed by atoms with Crippen molar-refractivity contribution in [3.63, 3.8) is 0 Å². The molecule has 3 heteroatoms. The minimum Gasteiger partial charge on any atom is -0.344 e. The summed E-state index contributed by atoms with van der Waals surface area (Å²) in [7, 11) is 0. The number of thioether (sulfide) groups is 2. The standard InChI is InChI=1S/C6H13S2.2C3H7.3CH4.Y/c1-3-8-6-4-5-7-2;2*1-3-2;;;;/h1,3-6H2,2H3;2*1,3H2,2H3;3*1H4;/q3*-1;;;;+3. The van der Waals surface area contributed by atoms with Gasteiger partial charge in [-0.05, 0) is 24.2 Å². The van der Waals surface area contributed by atoms with Crippen molar-refractivity contribution in [3.8, 4) is 0 Å². The van der Waals surface area contributed by atoms with Gasteiger partial charge in [0.15, 0.2) is 0 Å². The third-order valence-electron chi connectivity index (χ3n) is 0.781. The van der Waals surface area contributed by atoms with Crippen molar-refractivity contribution < 1.29 is 32.7 Å². The molecule has 18 heavy (non-hydrogen) atoms. The molecule has 0 saturated heterocycles. The summed E-state index contributed by atoms with van der Waals surface area (Å²) in [6.45, 7) is 14.7. The molecule has 0 aliphatic rings. The third kappa shape index (κ3) is 109. The predicted octanol–water partition coefficient (Wildman–Crippen LogP) is 6.67. The minimum atomic E-state index is 0. The summed E-state index contributed by atoms with van der Waals surface area (Å²) in [6.07, 6.45) is 5.48. The van der Waals surface area contributed by atoms with Crippen LogP contribution in [0.2, 0.25) is 0 Å². The fourth-order valence-corrected chi connectivity index (χ4v) is 1.58. The SMILES string of the molecule is C.C.C.[CH2-]CC.[CH2-]CC.[CH2-]CSCCCSC.[Y+3]. The molecule has 0 unspecified atom stereocenters. The summed E-state index contributed by atoms with van der Waals surface area (Å²) in [5.74, 6) is 3.60. The molecule has 0 nitrogen and oxygen atoms in total. The maximum Gasteiger partial charge on any atom is 3.00 e. The van der Waals surface area contributed by atoms with Gasteiger partial charge in [0.05, 0.1) is 0 Å². The molecule has 0 fully saturated rings. The summed E-state index contributed by atoms with van der Waals surface area (Å²) in [4.78, 5) is 0. The van der Waals surface area contributed by atoms with Gasteiger partial charge in [-0.15, -0.1) is 5.75 Å². The Labute approximate surface area is 155 Å². The van der Waals surface area contributed by atoms with Crippen molar-refractivity contribution in [2.45, 2.75) is 55.4 Å². The van der Waals surface area contributed by atoms with E-state index in [4.69, 9.17) is 0 Å². The van der Waals surface area contributed by atoms with E-state index in [1.165, 1.54) is 17.9 Å². The van der Waals surface area contributed by atoms with Gasteiger partial charge in [0.2, 0.25) is 0 Å². The molecule has 0 heterocycles. The maximum absolute atomic E-state index is 3.74. The molecule has 0 amide bonds. The first-order valence-corrected chi connectivity index (χ1v) is 7.74. The van der Waals surface area contributed by atoms with E-state index in [2.05, 4.69) is 27.0 Å². The van der Waals surface area contributed by atoms with Crippen LogP contribution in [0.25, 0.3) is 0 Å². The predicted molar refractivity (Wildman–Crippen MR) is 97.2 cm³/mol. The fraction of sp³-hybridized carbons (Fsp3) is 0.800. The quantitative estimate of drug-likeness (QED) is 0.390. The molecule has 0 N–H and O–H groups in total. The van der Waals surface area contributed by atoms with Crippen molar-refractivity contribution >= 4 is 23.5 Å². The van der Waals surface area contributed by atoms with Crippen molar-refractivity contribution in [3.05, 3.63) is 20.8 Å². The van der Waals surface area contributed by atoms with Crippen LogP contribution in [0.3, 0.4) is 0 Å². The van der Waals surface area contributed by atoms with E-state index in [0.29, 0.717) is 0 Å². The Balaban J connectivity index is -0.0000000213. The van der Waals surface area contributed by atoms with Crippen molar-refractivity contribution in [1.82, 2.24) is 0 Å². The second-order valence-electron chi connectivity index (χ2n) is 2.46. The Hall–Kier alpha value is 1.80. The van der Waals surface area contributed by atoms with Gasteiger partial charge in [-0.3, -0.25) is 0 Å². The van der Waals surface area contributed by atoms with Crippen LogP contribution in [0.15, 0.2) is 0 Å². The molecule has 0 saturated carbocycles. The molecular formula is C15H39S2Y. The van der Waals surface area contributed by atoms with E-state index in [9.17, 15) is 0 Å². The first-order valence-electron chi connectivity index (χ1n) is 5.19. The van der Waals surface area contributed by atoms with Crippen LogP contribution in [0.1, 0.15) is 55.4 Å². The van der Waals surface area contributed by atoms with Gasteiger partial charge in [0.25, 0.3) is 0 Å². The molecule has 0 spiro atoms. The largest absolute Gasteiger partial charge is 3.00 e. The minimum absolute atomic E-state index is 0. The van der Waals surface area contributed by atoms with E-state index in [-0.39, 0.29) is 55.0 Å². The molecular weight excluding hydrogens is 333 g/mol. The smallest absolute Gasteiger partial charge is 0.344 e. The molecule has 0 radical (unpaired) electrons. The fourth-order valence-electron chi connectivity index (χ4n) is 0.407. The topological polar surface area (TPSA) is 0 Å². The van der Waals surface area contributed by atoms with Crippen LogP contribution in [-0.2, 0) is 32.7 Å². The van der Waals surface area contributed by atoms with E-state index in [1.807, 2.05) is 37.4 Å². The zero-order chi connectivity index (χ0) is 11.7. The zero-order valence-electron chi connectivity index (χ0n) is 10.8. The number of hydrogen-bond donors (Lipinski definition) is 0. The van der Waals surface area contributed by atoms with Crippen LogP contribution in [0, 0.1) is 20.8 Å². The Morgan fingerprint density at radius 3 is 1.39 bits per heavy atom. The van der Waals surface area contributed by atoms with Crippen LogP contribution in [0.4, 0.5) is 0 Å². The van der Waals surface area contributed by atoms with E-state index >= 15 is 0 Å². The maximum atomic E-state index is 3.74. The van der Waals surface area contributed by atoms with Crippen LogP contribution in [0.5, 0.6) is 0 Å². The van der Waals surface area contributed by atoms with Gasteiger partial charge < -0.3 is 20.8 Å². The van der Waals surface area contributed by atoms with Crippen LogP contribution in [-0.4, -0.2) is 23.5 Å². The van der Waals surface area contributed by atoms with Crippen molar-refractivity contribution in [2.75, 3.05) is 23.5 Å². The second-order valence-corrected chi connectivity index (χ2v) is 4.67. The van der Waals surface area contributed by atoms with Crippen LogP contribution < -0.4 is 0 Å². The molecule has 114 valence electrons. The summed E-state index contributed by atoms with van der Waals surface area (Å²) in [5, 5.41) is 0. The number of hydrogen-bond acceptors (Lipinski definition) is 2. The van der Waals surface area contributed by atoms with Gasteiger partial charge in [-0.1, -0.05) is 36.1 Å². The molecule has 0 atom stereocenters. The monoisotopic (exact) mass is 372 g/mol. The van der Waals surface area contributed by atoms with E-state index in [0.717, 1.165) is 18.6 Å². The van der Waals surface area contributed by atoms with Gasteiger partial charge in [-0.2, -0.15) is 36.4 Å². The average Bonchev–Trinajstić information content (AvgIpc) is 2.15. The Bertz CT molecular complexity index is 54.5. The van der Waals surface area contributed by atoms with E-state index < -0.39 is 0 Å². The first kappa shape index (κ1) is 42.7. The summed E-state index contributed by atoms with van der Waals surface area (Å²) in [5.41, 5.74) is 0. The summed E-state index contributed by atoms with van der Waals surface area (Å²) >= 11 is 3.84. The molecule has 0 bridgehead atoms. The average molecular weight is 373 g/mol. The number of rotatable bonds is 5. The molecule has 0 aliphatic carbocycles. The Morgan fingerprint density at radius 2 is 1.17 bits per heavy atom. The van der Waals surface area contributed by atoms with Crippen molar-refractivity contribution in [1.29, 1.82) is 0 Å². The van der Waals surface area contributed by atoms with Gasteiger partial charge in [0.1, 0.15) is 0 Å². The van der Waals surface area contributed by atoms with Gasteiger partial charge in [0, 0.05) is 0 Å². The van der Waals surface area contributed by atoms with Gasteiger partial charge in [-0.25, -0.2) is 0 Å². The summed E-state index contributed by atoms with van der Waals surface area (Å²) < 4.78 is 0. The Morgan fingerprint density at radius 1 is 0.833 bits per heavy atom. The molecule has 0 aromatic carbocycles.